The van der Waals surface area contributed by atoms with E-state index in [9.17, 15) is 4.79 Å². The van der Waals surface area contributed by atoms with E-state index in [1.54, 1.807) is 12.2 Å². The van der Waals surface area contributed by atoms with Crippen LogP contribution in [0.2, 0.25) is 0 Å². The number of benzene rings is 1. The highest BCUT2D eigenvalue weighted by Crippen LogP contribution is 2.19. The summed E-state index contributed by atoms with van der Waals surface area (Å²) in [5.74, 6) is 1.31. The SMILES string of the molecule is CCOc1ccccc1/C=C/C(=O)NCC(CC)CC. The van der Waals surface area contributed by atoms with Crippen molar-refractivity contribution in [2.75, 3.05) is 13.2 Å². The third-order valence-electron chi connectivity index (χ3n) is 3.35. The van der Waals surface area contributed by atoms with Crippen LogP contribution in [-0.2, 0) is 4.79 Å². The van der Waals surface area contributed by atoms with Gasteiger partial charge in [0.2, 0.25) is 5.91 Å². The molecule has 110 valence electrons. The van der Waals surface area contributed by atoms with E-state index in [0.717, 1.165) is 30.7 Å². The van der Waals surface area contributed by atoms with Gasteiger partial charge < -0.3 is 10.1 Å². The van der Waals surface area contributed by atoms with Gasteiger partial charge in [-0.25, -0.2) is 0 Å². The summed E-state index contributed by atoms with van der Waals surface area (Å²) >= 11 is 0. The molecule has 1 amide bonds. The van der Waals surface area contributed by atoms with Crippen molar-refractivity contribution in [3.63, 3.8) is 0 Å². The number of para-hydroxylation sites is 1. The Balaban J connectivity index is 2.57. The molecule has 0 saturated carbocycles. The summed E-state index contributed by atoms with van der Waals surface area (Å²) in [7, 11) is 0. The lowest BCUT2D eigenvalue weighted by atomic mass is 10.0. The van der Waals surface area contributed by atoms with E-state index in [0.29, 0.717) is 12.5 Å². The minimum Gasteiger partial charge on any atom is -0.493 e. The van der Waals surface area contributed by atoms with Crippen LogP contribution in [0, 0.1) is 5.92 Å². The summed E-state index contributed by atoms with van der Waals surface area (Å²) in [6.07, 6.45) is 5.55. The van der Waals surface area contributed by atoms with E-state index in [4.69, 9.17) is 4.74 Å². The molecule has 0 fully saturated rings. The van der Waals surface area contributed by atoms with Gasteiger partial charge in [0.15, 0.2) is 0 Å². The van der Waals surface area contributed by atoms with Gasteiger partial charge in [0.05, 0.1) is 6.61 Å². The number of hydrogen-bond donors (Lipinski definition) is 1. The number of carbonyl (C=O) groups excluding carboxylic acids is 1. The smallest absolute Gasteiger partial charge is 0.244 e. The molecule has 0 saturated heterocycles. The number of nitrogens with one attached hydrogen (secondary N) is 1. The van der Waals surface area contributed by atoms with E-state index < -0.39 is 0 Å². The lowest BCUT2D eigenvalue weighted by molar-refractivity contribution is -0.116. The molecule has 3 nitrogen and oxygen atoms in total. The van der Waals surface area contributed by atoms with Gasteiger partial charge in [0.1, 0.15) is 5.75 Å². The molecule has 1 rings (SSSR count). The normalized spacial score (nSPS) is 11.0. The minimum atomic E-state index is -0.0526. The number of rotatable bonds is 8. The second-order valence-corrected chi connectivity index (χ2v) is 4.73. The molecule has 0 atom stereocenters. The molecule has 0 aliphatic carbocycles. The molecule has 0 unspecified atom stereocenters. The Hall–Kier alpha value is -1.77. The first-order valence-corrected chi connectivity index (χ1v) is 7.38. The van der Waals surface area contributed by atoms with Gasteiger partial charge in [-0.3, -0.25) is 4.79 Å². The quantitative estimate of drug-likeness (QED) is 0.735. The van der Waals surface area contributed by atoms with Crippen LogP contribution in [0.15, 0.2) is 30.3 Å². The van der Waals surface area contributed by atoms with E-state index in [1.807, 2.05) is 31.2 Å². The number of carbonyl (C=O) groups is 1. The van der Waals surface area contributed by atoms with Crippen LogP contribution < -0.4 is 10.1 Å². The molecule has 0 radical (unpaired) electrons. The Morgan fingerprint density at radius 2 is 1.95 bits per heavy atom. The maximum absolute atomic E-state index is 11.8. The van der Waals surface area contributed by atoms with Gasteiger partial charge in [-0.1, -0.05) is 44.9 Å². The van der Waals surface area contributed by atoms with Crippen LogP contribution in [0.3, 0.4) is 0 Å². The summed E-state index contributed by atoms with van der Waals surface area (Å²) in [4.78, 5) is 11.8. The highest BCUT2D eigenvalue weighted by Gasteiger charge is 2.04. The Morgan fingerprint density at radius 1 is 1.25 bits per heavy atom. The number of ether oxygens (including phenoxy) is 1. The van der Waals surface area contributed by atoms with Crippen LogP contribution in [0.1, 0.15) is 39.2 Å². The summed E-state index contributed by atoms with van der Waals surface area (Å²) in [6, 6.07) is 7.71. The van der Waals surface area contributed by atoms with Crippen molar-refractivity contribution in [3.05, 3.63) is 35.9 Å². The minimum absolute atomic E-state index is 0.0526. The largest absolute Gasteiger partial charge is 0.493 e. The van der Waals surface area contributed by atoms with Crippen molar-refractivity contribution in [1.29, 1.82) is 0 Å². The lowest BCUT2D eigenvalue weighted by Crippen LogP contribution is -2.27. The number of hydrogen-bond acceptors (Lipinski definition) is 2. The predicted octanol–water partition coefficient (Wildman–Crippen LogP) is 3.65. The summed E-state index contributed by atoms with van der Waals surface area (Å²) in [5.41, 5.74) is 0.923. The average Bonchev–Trinajstić information content (AvgIpc) is 2.47. The Bertz CT molecular complexity index is 436. The van der Waals surface area contributed by atoms with Gasteiger partial charge in [-0.05, 0) is 25.0 Å². The molecular weight excluding hydrogens is 250 g/mol. The fourth-order valence-electron chi connectivity index (χ4n) is 1.95. The van der Waals surface area contributed by atoms with E-state index >= 15 is 0 Å². The van der Waals surface area contributed by atoms with Crippen molar-refractivity contribution in [2.24, 2.45) is 5.92 Å². The molecule has 0 bridgehead atoms. The second-order valence-electron chi connectivity index (χ2n) is 4.73. The number of amides is 1. The van der Waals surface area contributed by atoms with Gasteiger partial charge in [-0.15, -0.1) is 0 Å². The molecule has 0 spiro atoms. The molecule has 0 aliphatic rings. The maximum Gasteiger partial charge on any atom is 0.244 e. The zero-order chi connectivity index (χ0) is 14.8. The fraction of sp³-hybridized carbons (Fsp3) is 0.471. The highest BCUT2D eigenvalue weighted by molar-refractivity contribution is 5.92. The average molecular weight is 275 g/mol. The van der Waals surface area contributed by atoms with Gasteiger partial charge in [0, 0.05) is 18.2 Å². The van der Waals surface area contributed by atoms with Gasteiger partial charge in [-0.2, -0.15) is 0 Å². The van der Waals surface area contributed by atoms with Crippen molar-refractivity contribution in [3.8, 4) is 5.75 Å². The molecule has 0 heterocycles. The van der Waals surface area contributed by atoms with Crippen LogP contribution >= 0.6 is 0 Å². The monoisotopic (exact) mass is 275 g/mol. The van der Waals surface area contributed by atoms with Crippen LogP contribution in [0.4, 0.5) is 0 Å². The van der Waals surface area contributed by atoms with Gasteiger partial charge >= 0.3 is 0 Å². The fourth-order valence-corrected chi connectivity index (χ4v) is 1.95. The maximum atomic E-state index is 11.8. The molecule has 1 N–H and O–H groups in total. The molecule has 20 heavy (non-hydrogen) atoms. The summed E-state index contributed by atoms with van der Waals surface area (Å²) < 4.78 is 5.52. The third-order valence-corrected chi connectivity index (χ3v) is 3.35. The Labute approximate surface area is 122 Å². The predicted molar refractivity (Wildman–Crippen MR) is 83.7 cm³/mol. The van der Waals surface area contributed by atoms with Crippen molar-refractivity contribution in [2.45, 2.75) is 33.6 Å². The van der Waals surface area contributed by atoms with Crippen molar-refractivity contribution in [1.82, 2.24) is 5.32 Å². The molecule has 1 aromatic rings. The first-order chi connectivity index (χ1) is 9.71. The van der Waals surface area contributed by atoms with E-state index in [2.05, 4.69) is 19.2 Å². The van der Waals surface area contributed by atoms with Crippen LogP contribution in [0.25, 0.3) is 6.08 Å². The second kappa shape index (κ2) is 9.18. The molecule has 3 heteroatoms. The van der Waals surface area contributed by atoms with Crippen molar-refractivity contribution >= 4 is 12.0 Å². The molecule has 1 aromatic carbocycles. The van der Waals surface area contributed by atoms with Crippen LogP contribution in [-0.4, -0.2) is 19.1 Å². The van der Waals surface area contributed by atoms with E-state index in [1.165, 1.54) is 0 Å². The molecular formula is C17H25NO2. The summed E-state index contributed by atoms with van der Waals surface area (Å²) in [6.45, 7) is 7.60. The first-order valence-electron chi connectivity index (χ1n) is 7.38. The van der Waals surface area contributed by atoms with Crippen LogP contribution in [0.5, 0.6) is 5.75 Å². The van der Waals surface area contributed by atoms with Gasteiger partial charge in [0.25, 0.3) is 0 Å². The topological polar surface area (TPSA) is 38.3 Å². The standard InChI is InChI=1S/C17H25NO2/c1-4-14(5-2)13-18-17(19)12-11-15-9-7-8-10-16(15)20-6-3/h7-12,14H,4-6,13H2,1-3H3,(H,18,19)/b12-11+. The zero-order valence-corrected chi connectivity index (χ0v) is 12.7. The Kier molecular flexibility index (Phi) is 7.48. The Morgan fingerprint density at radius 3 is 2.60 bits per heavy atom. The lowest BCUT2D eigenvalue weighted by Gasteiger charge is -2.12. The third kappa shape index (κ3) is 5.47. The zero-order valence-electron chi connectivity index (χ0n) is 12.7. The molecule has 0 aliphatic heterocycles. The summed E-state index contributed by atoms with van der Waals surface area (Å²) in [5, 5.41) is 2.94. The van der Waals surface area contributed by atoms with Crippen molar-refractivity contribution < 1.29 is 9.53 Å². The highest BCUT2D eigenvalue weighted by atomic mass is 16.5. The van der Waals surface area contributed by atoms with E-state index in [-0.39, 0.29) is 5.91 Å². The molecule has 0 aromatic heterocycles. The first kappa shape index (κ1) is 16.3.